The van der Waals surface area contributed by atoms with E-state index in [0.29, 0.717) is 6.42 Å². The van der Waals surface area contributed by atoms with E-state index in [-0.39, 0.29) is 6.10 Å². The lowest BCUT2D eigenvalue weighted by atomic mass is 9.39. The summed E-state index contributed by atoms with van der Waals surface area (Å²) in [5.74, 6) is -11.4. The smallest absolute Gasteiger partial charge is 0.341 e. The van der Waals surface area contributed by atoms with Gasteiger partial charge in [-0.3, -0.25) is 24.4 Å². The highest BCUT2D eigenvalue weighted by Gasteiger charge is 2.96. The molecule has 0 radical (unpaired) electrons. The molecule has 4 unspecified atom stereocenters. The minimum Gasteiger partial charge on any atom is -0.462 e. The lowest BCUT2D eigenvalue weighted by Crippen LogP contribution is -2.73. The van der Waals surface area contributed by atoms with Crippen LogP contribution in [0.15, 0.2) is 0 Å². The number of carbonyl (C=O) groups is 5. The standard InChI is InChI=1S/C35H46O15/c1-11-18-17(22(40)21(39)15-10-16-23(47-16)27(30(15,18)5)46-14(4)38)19-24(44-12(2)36)20-25(31(19,6)26(11)45-13(3)37)32(7,50-43)28-35(48-28)33(20,8)34(9,42)29(41)49-35/h11,15-20,22-28,40,42-43H,10H2,1-9H3/t11?,15-,16+,17?,18?,19-,20-,22?,23+,24-,25+,26+,27+,28-,30+,31+,32+,33+,34-,35+/m1/s1. The Morgan fingerprint density at radius 1 is 0.860 bits per heavy atom. The van der Waals surface area contributed by atoms with E-state index in [1.807, 2.05) is 13.8 Å². The molecule has 3 saturated heterocycles. The van der Waals surface area contributed by atoms with E-state index in [2.05, 4.69) is 0 Å². The molecule has 15 nitrogen and oxygen atoms in total. The Balaban J connectivity index is 1.41. The lowest BCUT2D eigenvalue weighted by Gasteiger charge is -2.66. The normalized spacial score (nSPS) is 59.2. The molecule has 0 amide bonds. The van der Waals surface area contributed by atoms with Gasteiger partial charge in [0.2, 0.25) is 0 Å². The number of aliphatic hydroxyl groups excluding tert-OH is 1. The summed E-state index contributed by atoms with van der Waals surface area (Å²) in [7, 11) is 0. The number of fused-ring (bicyclic) bond motifs is 9. The maximum Gasteiger partial charge on any atom is 0.341 e. The van der Waals surface area contributed by atoms with Gasteiger partial charge in [0, 0.05) is 61.2 Å². The number of ether oxygens (including phenoxy) is 6. The maximum atomic E-state index is 14.5. The highest BCUT2D eigenvalue weighted by atomic mass is 17.1. The molecule has 0 aromatic heterocycles. The monoisotopic (exact) mass is 706 g/mol. The van der Waals surface area contributed by atoms with Gasteiger partial charge in [-0.05, 0) is 39.0 Å². The highest BCUT2D eigenvalue weighted by Crippen LogP contribution is 2.82. The zero-order valence-electron chi connectivity index (χ0n) is 29.5. The molecule has 50 heavy (non-hydrogen) atoms. The average molecular weight is 707 g/mol. The van der Waals surface area contributed by atoms with E-state index in [9.17, 15) is 39.4 Å². The number of carbonyl (C=O) groups excluding carboxylic acids is 5. The molecule has 3 N–H and O–H groups in total. The third kappa shape index (κ3) is 3.55. The molecule has 3 aliphatic heterocycles. The molecule has 15 heteroatoms. The van der Waals surface area contributed by atoms with Gasteiger partial charge in [-0.15, -0.1) is 0 Å². The Morgan fingerprint density at radius 3 is 2.04 bits per heavy atom. The maximum absolute atomic E-state index is 14.5. The number of esters is 4. The van der Waals surface area contributed by atoms with Crippen LogP contribution in [0.2, 0.25) is 0 Å². The number of rotatable bonds is 4. The van der Waals surface area contributed by atoms with Gasteiger partial charge in [0.15, 0.2) is 17.5 Å². The molecule has 5 aliphatic carbocycles. The minimum absolute atomic E-state index is 0.294. The number of hydrogen-bond acceptors (Lipinski definition) is 15. The second kappa shape index (κ2) is 9.84. The van der Waals surface area contributed by atoms with E-state index >= 15 is 0 Å². The van der Waals surface area contributed by atoms with Gasteiger partial charge in [-0.1, -0.05) is 20.8 Å². The van der Waals surface area contributed by atoms with Crippen LogP contribution in [-0.4, -0.2) is 105 Å². The number of aliphatic hydroxyl groups is 2. The summed E-state index contributed by atoms with van der Waals surface area (Å²) in [6, 6.07) is 0. The van der Waals surface area contributed by atoms with Gasteiger partial charge in [0.1, 0.15) is 36.1 Å². The summed E-state index contributed by atoms with van der Waals surface area (Å²) in [4.78, 5) is 72.2. The fourth-order valence-electron chi connectivity index (χ4n) is 13.5. The van der Waals surface area contributed by atoms with E-state index in [1.54, 1.807) is 20.8 Å². The summed E-state index contributed by atoms with van der Waals surface area (Å²) in [6.45, 7) is 13.7. The summed E-state index contributed by atoms with van der Waals surface area (Å²) >= 11 is 0. The molecular formula is C35H46O15. The summed E-state index contributed by atoms with van der Waals surface area (Å²) in [5.41, 5.74) is -8.10. The van der Waals surface area contributed by atoms with Crippen LogP contribution in [0.4, 0.5) is 0 Å². The molecule has 0 bridgehead atoms. The number of ketones is 1. The van der Waals surface area contributed by atoms with Crippen molar-refractivity contribution in [2.24, 2.45) is 57.7 Å². The van der Waals surface area contributed by atoms with Crippen LogP contribution in [0.3, 0.4) is 0 Å². The van der Waals surface area contributed by atoms with Crippen LogP contribution in [0, 0.1) is 57.7 Å². The van der Waals surface area contributed by atoms with Gasteiger partial charge < -0.3 is 38.6 Å². The summed E-state index contributed by atoms with van der Waals surface area (Å²) in [5, 5.41) is 35.2. The Hall–Kier alpha value is -2.69. The van der Waals surface area contributed by atoms with Crippen molar-refractivity contribution in [1.82, 2.24) is 0 Å². The first-order valence-corrected chi connectivity index (χ1v) is 17.5. The van der Waals surface area contributed by atoms with Gasteiger partial charge >= 0.3 is 23.9 Å². The van der Waals surface area contributed by atoms with E-state index < -0.39 is 141 Å². The molecular weight excluding hydrogens is 660 g/mol. The fourth-order valence-corrected chi connectivity index (χ4v) is 13.5. The van der Waals surface area contributed by atoms with Crippen molar-refractivity contribution in [3.05, 3.63) is 0 Å². The zero-order valence-corrected chi connectivity index (χ0v) is 29.5. The third-order valence-corrected chi connectivity index (χ3v) is 15.3. The molecule has 8 aliphatic rings. The molecule has 276 valence electrons. The van der Waals surface area contributed by atoms with Crippen molar-refractivity contribution in [2.75, 3.05) is 0 Å². The lowest BCUT2D eigenvalue weighted by molar-refractivity contribution is -0.367. The van der Waals surface area contributed by atoms with Gasteiger partial charge in [0.25, 0.3) is 5.79 Å². The highest BCUT2D eigenvalue weighted by molar-refractivity contribution is 5.88. The first kappa shape index (κ1) is 34.4. The molecule has 8 rings (SSSR count). The van der Waals surface area contributed by atoms with Crippen molar-refractivity contribution in [3.63, 3.8) is 0 Å². The first-order valence-electron chi connectivity index (χ1n) is 17.5. The second-order valence-electron chi connectivity index (χ2n) is 17.2. The van der Waals surface area contributed by atoms with Crippen LogP contribution in [-0.2, 0) is 57.3 Å². The molecule has 20 atom stereocenters. The Kier molecular flexibility index (Phi) is 6.77. The van der Waals surface area contributed by atoms with Crippen molar-refractivity contribution >= 4 is 29.7 Å². The van der Waals surface area contributed by atoms with Gasteiger partial charge in [-0.25, -0.2) is 9.68 Å². The Labute approximate surface area is 288 Å². The first-order chi connectivity index (χ1) is 23.1. The van der Waals surface area contributed by atoms with Crippen molar-refractivity contribution < 1.29 is 72.8 Å². The quantitative estimate of drug-likeness (QED) is 0.122. The summed E-state index contributed by atoms with van der Waals surface area (Å²) in [6.07, 6.45) is -6.45. The molecule has 0 aromatic rings. The average Bonchev–Trinajstić information content (AvgIpc) is 3.92. The SMILES string of the molecule is CC(=O)O[C@H]1[C@@H]2[C@H]([C@](C)(OO)[C@H]3O[C@]34OC(=O)[C@@](C)(O)[C@]24C)[C@]2(C)[C@@H]1C1C(O)C(=O)[C@H]3C[C@@H]4O[C@@H]4[C@H](OC(C)=O)[C@]3(C)C1C(C)[C@@H]2OC(C)=O. The van der Waals surface area contributed by atoms with Crippen molar-refractivity contribution in [2.45, 2.75) is 128 Å². The van der Waals surface area contributed by atoms with Gasteiger partial charge in [-0.2, -0.15) is 0 Å². The molecule has 3 heterocycles. The van der Waals surface area contributed by atoms with Crippen molar-refractivity contribution in [1.29, 1.82) is 0 Å². The second-order valence-corrected chi connectivity index (χ2v) is 17.2. The van der Waals surface area contributed by atoms with Crippen LogP contribution in [0.1, 0.15) is 68.7 Å². The summed E-state index contributed by atoms with van der Waals surface area (Å²) < 4.78 is 36.4. The Morgan fingerprint density at radius 2 is 1.46 bits per heavy atom. The zero-order chi connectivity index (χ0) is 36.6. The number of Topliss-reactive ketones (excluding diaryl/α,β-unsaturated/α-hetero) is 1. The number of hydrogen-bond donors (Lipinski definition) is 3. The van der Waals surface area contributed by atoms with Crippen LogP contribution in [0.5, 0.6) is 0 Å². The van der Waals surface area contributed by atoms with Crippen molar-refractivity contribution in [3.8, 4) is 0 Å². The van der Waals surface area contributed by atoms with E-state index in [4.69, 9.17) is 33.3 Å². The molecule has 0 aromatic carbocycles. The van der Waals surface area contributed by atoms with Crippen LogP contribution < -0.4 is 0 Å². The number of epoxide rings is 2. The van der Waals surface area contributed by atoms with Gasteiger partial charge in [0.05, 0.1) is 11.5 Å². The largest absolute Gasteiger partial charge is 0.462 e. The minimum atomic E-state index is -2.22. The predicted octanol–water partition coefficient (Wildman–Crippen LogP) is 0.940. The molecule has 1 spiro atoms. The fraction of sp³-hybridized carbons (Fsp3) is 0.857. The van der Waals surface area contributed by atoms with Crippen LogP contribution >= 0.6 is 0 Å². The van der Waals surface area contributed by atoms with E-state index in [1.165, 1.54) is 27.7 Å². The van der Waals surface area contributed by atoms with E-state index in [0.717, 1.165) is 0 Å². The predicted molar refractivity (Wildman–Crippen MR) is 162 cm³/mol. The molecule has 5 saturated carbocycles. The third-order valence-electron chi connectivity index (χ3n) is 15.3. The molecule has 8 fully saturated rings. The Bertz CT molecular complexity index is 1610. The topological polar surface area (TPSA) is 217 Å². The van der Waals surface area contributed by atoms with Crippen LogP contribution in [0.25, 0.3) is 0 Å².